The van der Waals surface area contributed by atoms with Crippen LogP contribution in [0.4, 0.5) is 13.2 Å². The Morgan fingerprint density at radius 2 is 1.74 bits per heavy atom. The summed E-state index contributed by atoms with van der Waals surface area (Å²) in [6, 6.07) is 11.7. The highest BCUT2D eigenvalue weighted by Gasteiger charge is 2.32. The number of halogens is 3. The van der Waals surface area contributed by atoms with Crippen molar-refractivity contribution in [1.82, 2.24) is 0 Å². The summed E-state index contributed by atoms with van der Waals surface area (Å²) in [4.78, 5) is 0. The first kappa shape index (κ1) is 17.1. The van der Waals surface area contributed by atoms with Crippen molar-refractivity contribution in [2.24, 2.45) is 5.73 Å². The molecule has 0 unspecified atom stereocenters. The second-order valence-electron chi connectivity index (χ2n) is 4.89. The van der Waals surface area contributed by atoms with Crippen LogP contribution in [0.1, 0.15) is 12.5 Å². The van der Waals surface area contributed by atoms with Gasteiger partial charge in [0, 0.05) is 18.2 Å². The van der Waals surface area contributed by atoms with Crippen LogP contribution in [0.25, 0.3) is 11.1 Å². The summed E-state index contributed by atoms with van der Waals surface area (Å²) in [5.74, 6) is -0.0140. The molecular weight excluding hydrogens is 307 g/mol. The van der Waals surface area contributed by atoms with Gasteiger partial charge in [-0.25, -0.2) is 0 Å². The van der Waals surface area contributed by atoms with Crippen molar-refractivity contribution in [3.63, 3.8) is 0 Å². The second-order valence-corrected chi connectivity index (χ2v) is 4.89. The van der Waals surface area contributed by atoms with Crippen LogP contribution in [-0.4, -0.2) is 19.5 Å². The Morgan fingerprint density at radius 3 is 2.30 bits per heavy atom. The third-order valence-electron chi connectivity index (χ3n) is 3.24. The Bertz CT molecular complexity index is 639. The molecule has 0 fully saturated rings. The van der Waals surface area contributed by atoms with E-state index in [0.717, 1.165) is 12.0 Å². The van der Waals surface area contributed by atoms with Gasteiger partial charge in [-0.1, -0.05) is 31.2 Å². The first-order valence-corrected chi connectivity index (χ1v) is 7.25. The molecule has 0 saturated heterocycles. The Kier molecular flexibility index (Phi) is 5.50. The maximum absolute atomic E-state index is 12.7. The smallest absolute Gasteiger partial charge is 0.492 e. The zero-order valence-corrected chi connectivity index (χ0v) is 12.7. The Morgan fingerprint density at radius 1 is 1.04 bits per heavy atom. The Labute approximate surface area is 132 Å². The van der Waals surface area contributed by atoms with Crippen molar-refractivity contribution in [3.8, 4) is 22.6 Å². The van der Waals surface area contributed by atoms with Gasteiger partial charge < -0.3 is 15.2 Å². The fraction of sp³-hybridized carbons (Fsp3) is 0.294. The van der Waals surface area contributed by atoms with Crippen LogP contribution in [0.2, 0.25) is 0 Å². The number of hydrogen-bond donors (Lipinski definition) is 1. The first-order chi connectivity index (χ1) is 10.9. The summed E-state index contributed by atoms with van der Waals surface area (Å²) in [5, 5.41) is 0. The summed E-state index contributed by atoms with van der Waals surface area (Å²) in [5.41, 5.74) is 7.43. The average molecular weight is 325 g/mol. The molecular formula is C17H18F3NO2. The van der Waals surface area contributed by atoms with E-state index in [9.17, 15) is 13.2 Å². The number of benzene rings is 2. The van der Waals surface area contributed by atoms with Crippen LogP contribution < -0.4 is 15.2 Å². The summed E-state index contributed by atoms with van der Waals surface area (Å²) >= 11 is 0. The molecule has 3 nitrogen and oxygen atoms in total. The molecule has 0 aliphatic carbocycles. The fourth-order valence-electron chi connectivity index (χ4n) is 2.14. The van der Waals surface area contributed by atoms with Crippen molar-refractivity contribution in [1.29, 1.82) is 0 Å². The van der Waals surface area contributed by atoms with Crippen LogP contribution in [0.3, 0.4) is 0 Å². The topological polar surface area (TPSA) is 44.5 Å². The Balaban J connectivity index is 2.39. The molecule has 2 aromatic rings. The van der Waals surface area contributed by atoms with Gasteiger partial charge in [0.2, 0.25) is 0 Å². The molecule has 2 N–H and O–H groups in total. The van der Waals surface area contributed by atoms with Gasteiger partial charge in [0.05, 0.1) is 0 Å². The summed E-state index contributed by atoms with van der Waals surface area (Å²) in [6.07, 6.45) is -3.91. The second kappa shape index (κ2) is 7.37. The molecule has 0 aliphatic heterocycles. The largest absolute Gasteiger partial charge is 0.573 e. The lowest BCUT2D eigenvalue weighted by molar-refractivity contribution is -0.274. The highest BCUT2D eigenvalue weighted by Crippen LogP contribution is 2.36. The van der Waals surface area contributed by atoms with E-state index in [4.69, 9.17) is 10.5 Å². The van der Waals surface area contributed by atoms with Gasteiger partial charge >= 0.3 is 6.36 Å². The van der Waals surface area contributed by atoms with Crippen molar-refractivity contribution in [2.45, 2.75) is 19.7 Å². The minimum atomic E-state index is -4.77. The maximum Gasteiger partial charge on any atom is 0.573 e. The summed E-state index contributed by atoms with van der Waals surface area (Å²) < 4.78 is 47.4. The van der Waals surface area contributed by atoms with Crippen molar-refractivity contribution >= 4 is 0 Å². The van der Waals surface area contributed by atoms with Gasteiger partial charge in [0.1, 0.15) is 18.1 Å². The molecule has 0 aromatic heterocycles. The number of nitrogens with two attached hydrogens (primary N) is 1. The lowest BCUT2D eigenvalue weighted by Crippen LogP contribution is -2.18. The minimum absolute atomic E-state index is 0.218. The van der Waals surface area contributed by atoms with Crippen LogP contribution in [0, 0.1) is 0 Å². The lowest BCUT2D eigenvalue weighted by atomic mass is 10.0. The molecule has 2 aromatic carbocycles. The van der Waals surface area contributed by atoms with E-state index in [-0.39, 0.29) is 24.7 Å². The van der Waals surface area contributed by atoms with Crippen LogP contribution in [0.15, 0.2) is 42.5 Å². The van der Waals surface area contributed by atoms with Gasteiger partial charge in [-0.05, 0) is 29.7 Å². The molecule has 0 saturated carbocycles. The van der Waals surface area contributed by atoms with Gasteiger partial charge in [0.15, 0.2) is 0 Å². The quantitative estimate of drug-likeness (QED) is 0.867. The molecule has 0 spiro atoms. The fourth-order valence-corrected chi connectivity index (χ4v) is 2.14. The molecule has 0 bridgehead atoms. The Hall–Kier alpha value is -2.21. The SMILES string of the molecule is CCc1ccc(-c2ccc(OCCN)cc2OC(F)(F)F)cc1. The number of aryl methyl sites for hydroxylation is 1. The third kappa shape index (κ3) is 4.89. The van der Waals surface area contributed by atoms with Crippen molar-refractivity contribution in [3.05, 3.63) is 48.0 Å². The van der Waals surface area contributed by atoms with Gasteiger partial charge in [-0.3, -0.25) is 0 Å². The minimum Gasteiger partial charge on any atom is -0.492 e. The third-order valence-corrected chi connectivity index (χ3v) is 3.24. The van der Waals surface area contributed by atoms with Crippen molar-refractivity contribution < 1.29 is 22.6 Å². The zero-order valence-electron chi connectivity index (χ0n) is 12.7. The lowest BCUT2D eigenvalue weighted by Gasteiger charge is -2.15. The average Bonchev–Trinajstić information content (AvgIpc) is 2.52. The molecule has 0 atom stereocenters. The molecule has 124 valence electrons. The van der Waals surface area contributed by atoms with E-state index < -0.39 is 6.36 Å². The molecule has 6 heteroatoms. The normalized spacial score (nSPS) is 11.3. The van der Waals surface area contributed by atoms with Crippen LogP contribution in [-0.2, 0) is 6.42 Å². The van der Waals surface area contributed by atoms with E-state index in [1.807, 2.05) is 19.1 Å². The standard InChI is InChI=1S/C17H18F3NO2/c1-2-12-3-5-13(6-4-12)15-8-7-14(22-10-9-21)11-16(15)23-17(18,19)20/h3-8,11H,2,9-10,21H2,1H3. The summed E-state index contributed by atoms with van der Waals surface area (Å²) in [6.45, 7) is 2.50. The summed E-state index contributed by atoms with van der Waals surface area (Å²) in [7, 11) is 0. The van der Waals surface area contributed by atoms with Crippen LogP contribution >= 0.6 is 0 Å². The highest BCUT2D eigenvalue weighted by molar-refractivity contribution is 5.71. The molecule has 0 aliphatic rings. The van der Waals surface area contributed by atoms with E-state index >= 15 is 0 Å². The van der Waals surface area contributed by atoms with E-state index in [1.165, 1.54) is 6.07 Å². The van der Waals surface area contributed by atoms with E-state index in [0.29, 0.717) is 11.1 Å². The molecule has 0 radical (unpaired) electrons. The molecule has 0 heterocycles. The number of rotatable bonds is 6. The van der Waals surface area contributed by atoms with E-state index in [2.05, 4.69) is 4.74 Å². The van der Waals surface area contributed by atoms with Gasteiger partial charge in [0.25, 0.3) is 0 Å². The first-order valence-electron chi connectivity index (χ1n) is 7.25. The van der Waals surface area contributed by atoms with E-state index in [1.54, 1.807) is 24.3 Å². The number of ether oxygens (including phenoxy) is 2. The number of hydrogen-bond acceptors (Lipinski definition) is 3. The predicted molar refractivity (Wildman–Crippen MR) is 82.5 cm³/mol. The molecule has 23 heavy (non-hydrogen) atoms. The van der Waals surface area contributed by atoms with Crippen molar-refractivity contribution in [2.75, 3.05) is 13.2 Å². The zero-order chi connectivity index (χ0) is 16.9. The number of alkyl halides is 3. The van der Waals surface area contributed by atoms with Gasteiger partial charge in [-0.15, -0.1) is 13.2 Å². The highest BCUT2D eigenvalue weighted by atomic mass is 19.4. The molecule has 2 rings (SSSR count). The predicted octanol–water partition coefficient (Wildman–Crippen LogP) is 4.15. The maximum atomic E-state index is 12.7. The monoisotopic (exact) mass is 325 g/mol. The van der Waals surface area contributed by atoms with Crippen LogP contribution in [0.5, 0.6) is 11.5 Å². The molecule has 0 amide bonds. The van der Waals surface area contributed by atoms with Gasteiger partial charge in [-0.2, -0.15) is 0 Å².